The number of aromatic nitrogens is 4. The summed E-state index contributed by atoms with van der Waals surface area (Å²) < 4.78 is 0. The zero-order chi connectivity index (χ0) is 13.5. The predicted octanol–water partition coefficient (Wildman–Crippen LogP) is 1.43. The SMILES string of the molecule is NC1CCCN(c2cc[nH]c3nnc4nccc4c23)C1. The molecule has 6 heteroatoms. The average Bonchev–Trinajstić information content (AvgIpc) is 2.95. The molecule has 4 heterocycles. The second-order valence-electron chi connectivity index (χ2n) is 5.32. The van der Waals surface area contributed by atoms with Crippen LogP contribution in [0, 0.1) is 0 Å². The number of aromatic amines is 1. The van der Waals surface area contributed by atoms with E-state index in [0.717, 1.165) is 42.4 Å². The largest absolute Gasteiger partial charge is 0.369 e. The van der Waals surface area contributed by atoms with E-state index in [1.165, 1.54) is 5.69 Å². The molecular formula is C14H16N6. The van der Waals surface area contributed by atoms with Gasteiger partial charge in [0.05, 0.1) is 11.1 Å². The minimum absolute atomic E-state index is 0.242. The number of hydrogen-bond acceptors (Lipinski definition) is 5. The minimum atomic E-state index is 0.242. The Morgan fingerprint density at radius 1 is 1.30 bits per heavy atom. The summed E-state index contributed by atoms with van der Waals surface area (Å²) in [5.74, 6) is 0. The van der Waals surface area contributed by atoms with Crippen LogP contribution in [0.15, 0.2) is 24.5 Å². The standard InChI is InChI=1S/C14H16N6/c15-9-2-1-7-20(8-9)11-4-6-17-14-12(11)10-3-5-16-13(10)18-19-14/h3-6,9H,1-2,7-8,15H2,(H,17,19). The molecule has 0 saturated carbocycles. The molecule has 4 rings (SSSR count). The van der Waals surface area contributed by atoms with Crippen molar-refractivity contribution in [3.05, 3.63) is 24.5 Å². The first-order valence-electron chi connectivity index (χ1n) is 6.92. The van der Waals surface area contributed by atoms with Gasteiger partial charge in [0, 0.05) is 36.9 Å². The Morgan fingerprint density at radius 3 is 3.15 bits per heavy atom. The van der Waals surface area contributed by atoms with E-state index in [4.69, 9.17) is 5.73 Å². The van der Waals surface area contributed by atoms with E-state index >= 15 is 0 Å². The summed E-state index contributed by atoms with van der Waals surface area (Å²) in [6, 6.07) is 4.33. The van der Waals surface area contributed by atoms with E-state index in [-0.39, 0.29) is 6.04 Å². The van der Waals surface area contributed by atoms with Crippen molar-refractivity contribution in [3.63, 3.8) is 0 Å². The molecule has 0 radical (unpaired) electrons. The highest BCUT2D eigenvalue weighted by atomic mass is 15.2. The number of piperidine rings is 1. The molecule has 1 aliphatic heterocycles. The quantitative estimate of drug-likeness (QED) is 0.697. The van der Waals surface area contributed by atoms with Crippen LogP contribution in [0.25, 0.3) is 22.1 Å². The summed E-state index contributed by atoms with van der Waals surface area (Å²) in [6.45, 7) is 1.92. The summed E-state index contributed by atoms with van der Waals surface area (Å²) in [4.78, 5) is 9.75. The molecule has 3 N–H and O–H groups in total. The lowest BCUT2D eigenvalue weighted by Gasteiger charge is -2.33. The second kappa shape index (κ2) is 4.42. The molecule has 1 unspecified atom stereocenters. The number of nitrogens with zero attached hydrogens (tertiary/aromatic N) is 4. The van der Waals surface area contributed by atoms with Crippen molar-refractivity contribution in [1.82, 2.24) is 20.2 Å². The van der Waals surface area contributed by atoms with E-state index in [2.05, 4.69) is 31.1 Å². The van der Waals surface area contributed by atoms with Crippen LogP contribution in [0.5, 0.6) is 0 Å². The second-order valence-corrected chi connectivity index (χ2v) is 5.32. The topological polar surface area (TPSA) is 83.7 Å². The van der Waals surface area contributed by atoms with Crippen molar-refractivity contribution >= 4 is 27.8 Å². The molecule has 0 aromatic carbocycles. The molecule has 102 valence electrons. The van der Waals surface area contributed by atoms with Crippen LogP contribution < -0.4 is 10.6 Å². The monoisotopic (exact) mass is 268 g/mol. The van der Waals surface area contributed by atoms with Gasteiger partial charge in [0.15, 0.2) is 11.3 Å². The van der Waals surface area contributed by atoms with Gasteiger partial charge in [-0.3, -0.25) is 0 Å². The van der Waals surface area contributed by atoms with Crippen molar-refractivity contribution in [2.24, 2.45) is 5.73 Å². The number of nitrogens with one attached hydrogen (secondary N) is 1. The molecule has 1 atom stereocenters. The molecule has 1 aliphatic rings. The maximum absolute atomic E-state index is 6.11. The fourth-order valence-electron chi connectivity index (χ4n) is 3.01. The Bertz CT molecular complexity index is 765. The van der Waals surface area contributed by atoms with Gasteiger partial charge in [0.2, 0.25) is 0 Å². The van der Waals surface area contributed by atoms with Gasteiger partial charge in [0.25, 0.3) is 0 Å². The third kappa shape index (κ3) is 1.72. The molecule has 0 bridgehead atoms. The smallest absolute Gasteiger partial charge is 0.182 e. The molecule has 3 aromatic rings. The molecular weight excluding hydrogens is 252 g/mol. The Labute approximate surface area is 116 Å². The first-order valence-corrected chi connectivity index (χ1v) is 6.92. The van der Waals surface area contributed by atoms with Crippen molar-refractivity contribution in [2.75, 3.05) is 18.0 Å². The first-order chi connectivity index (χ1) is 9.83. The Morgan fingerprint density at radius 2 is 2.25 bits per heavy atom. The van der Waals surface area contributed by atoms with Gasteiger partial charge < -0.3 is 15.6 Å². The fraction of sp³-hybridized carbons (Fsp3) is 0.357. The summed E-state index contributed by atoms with van der Waals surface area (Å²) >= 11 is 0. The Balaban J connectivity index is 1.96. The zero-order valence-corrected chi connectivity index (χ0v) is 11.1. The van der Waals surface area contributed by atoms with Gasteiger partial charge in [0.1, 0.15) is 0 Å². The van der Waals surface area contributed by atoms with E-state index in [1.54, 1.807) is 6.20 Å². The molecule has 20 heavy (non-hydrogen) atoms. The van der Waals surface area contributed by atoms with Crippen molar-refractivity contribution in [2.45, 2.75) is 18.9 Å². The minimum Gasteiger partial charge on any atom is -0.369 e. The first kappa shape index (κ1) is 11.6. The van der Waals surface area contributed by atoms with Gasteiger partial charge >= 0.3 is 0 Å². The number of nitrogens with two attached hydrogens (primary N) is 1. The molecule has 0 spiro atoms. The van der Waals surface area contributed by atoms with Crippen LogP contribution in [0.4, 0.5) is 5.69 Å². The summed E-state index contributed by atoms with van der Waals surface area (Å²) in [6.07, 6.45) is 5.91. The maximum atomic E-state index is 6.11. The number of pyridine rings is 1. The lowest BCUT2D eigenvalue weighted by atomic mass is 10.0. The van der Waals surface area contributed by atoms with Crippen molar-refractivity contribution in [1.29, 1.82) is 0 Å². The predicted molar refractivity (Wildman–Crippen MR) is 78.6 cm³/mol. The van der Waals surface area contributed by atoms with Crippen LogP contribution in [0.1, 0.15) is 12.8 Å². The number of H-pyrrole nitrogens is 1. The van der Waals surface area contributed by atoms with E-state index in [1.807, 2.05) is 12.3 Å². The Kier molecular flexibility index (Phi) is 2.56. The summed E-state index contributed by atoms with van der Waals surface area (Å²) in [7, 11) is 0. The van der Waals surface area contributed by atoms with E-state index in [0.29, 0.717) is 5.65 Å². The highest BCUT2D eigenvalue weighted by molar-refractivity contribution is 6.08. The van der Waals surface area contributed by atoms with Crippen molar-refractivity contribution in [3.8, 4) is 0 Å². The van der Waals surface area contributed by atoms with Crippen molar-refractivity contribution < 1.29 is 0 Å². The molecule has 3 aromatic heterocycles. The number of fused-ring (bicyclic) bond motifs is 3. The molecule has 6 nitrogen and oxygen atoms in total. The molecule has 1 fully saturated rings. The number of anilines is 1. The van der Waals surface area contributed by atoms with Gasteiger partial charge in [-0.2, -0.15) is 0 Å². The highest BCUT2D eigenvalue weighted by Crippen LogP contribution is 2.31. The van der Waals surface area contributed by atoms with Gasteiger partial charge in [-0.1, -0.05) is 0 Å². The fourth-order valence-corrected chi connectivity index (χ4v) is 3.01. The van der Waals surface area contributed by atoms with E-state index in [9.17, 15) is 0 Å². The number of hydrogen-bond donors (Lipinski definition) is 2. The number of rotatable bonds is 1. The lowest BCUT2D eigenvalue weighted by Crippen LogP contribution is -2.42. The summed E-state index contributed by atoms with van der Waals surface area (Å²) in [5.41, 5.74) is 8.77. The third-order valence-corrected chi connectivity index (χ3v) is 3.95. The molecule has 1 saturated heterocycles. The lowest BCUT2D eigenvalue weighted by molar-refractivity contribution is 0.507. The third-order valence-electron chi connectivity index (χ3n) is 3.95. The van der Waals surface area contributed by atoms with Gasteiger partial charge in [-0.15, -0.1) is 10.2 Å². The average molecular weight is 268 g/mol. The normalized spacial score (nSPS) is 19.9. The molecule has 0 amide bonds. The Hall–Kier alpha value is -2.21. The maximum Gasteiger partial charge on any atom is 0.182 e. The zero-order valence-electron chi connectivity index (χ0n) is 11.1. The van der Waals surface area contributed by atoms with Crippen LogP contribution >= 0.6 is 0 Å². The van der Waals surface area contributed by atoms with Gasteiger partial charge in [-0.05, 0) is 25.0 Å². The molecule has 0 aliphatic carbocycles. The van der Waals surface area contributed by atoms with Gasteiger partial charge in [-0.25, -0.2) is 4.98 Å². The van der Waals surface area contributed by atoms with Crippen LogP contribution in [-0.4, -0.2) is 39.3 Å². The van der Waals surface area contributed by atoms with Crippen LogP contribution in [0.2, 0.25) is 0 Å². The van der Waals surface area contributed by atoms with Crippen LogP contribution in [-0.2, 0) is 0 Å². The summed E-state index contributed by atoms with van der Waals surface area (Å²) in [5, 5.41) is 10.5. The van der Waals surface area contributed by atoms with Crippen LogP contribution in [0.3, 0.4) is 0 Å². The van der Waals surface area contributed by atoms with E-state index < -0.39 is 0 Å². The highest BCUT2D eigenvalue weighted by Gasteiger charge is 2.20.